The fraction of sp³-hybridized carbons (Fsp3) is 0.481. The lowest BCUT2D eigenvalue weighted by Crippen LogP contribution is -2.48. The lowest BCUT2D eigenvalue weighted by molar-refractivity contribution is -0.118. The van der Waals surface area contributed by atoms with Gasteiger partial charge in [-0.25, -0.2) is 13.4 Å². The topological polar surface area (TPSA) is 98.3 Å². The number of carbonyl (C=O) groups is 1. The number of carbonyl (C=O) groups excluding carboxylic acids is 1. The number of aromatic nitrogens is 1. The first kappa shape index (κ1) is 26.5. The quantitative estimate of drug-likeness (QED) is 0.543. The van der Waals surface area contributed by atoms with Crippen LogP contribution in [0.15, 0.2) is 58.8 Å². The van der Waals surface area contributed by atoms with Crippen LogP contribution < -0.4 is 15.0 Å². The van der Waals surface area contributed by atoms with E-state index in [2.05, 4.69) is 27.0 Å². The molecule has 11 heteroatoms. The number of hydrogen-bond donors (Lipinski definition) is 1. The molecular weight excluding hydrogens is 504 g/mol. The van der Waals surface area contributed by atoms with Gasteiger partial charge >= 0.3 is 0 Å². The van der Waals surface area contributed by atoms with Crippen molar-refractivity contribution in [2.75, 3.05) is 64.5 Å². The summed E-state index contributed by atoms with van der Waals surface area (Å²) in [5.41, 5.74) is 2.30. The highest BCUT2D eigenvalue weighted by molar-refractivity contribution is 7.89. The molecule has 1 fully saturated rings. The summed E-state index contributed by atoms with van der Waals surface area (Å²) in [7, 11) is -1.82. The van der Waals surface area contributed by atoms with Crippen molar-refractivity contribution in [1.82, 2.24) is 24.4 Å². The van der Waals surface area contributed by atoms with E-state index in [1.165, 1.54) is 4.31 Å². The first-order valence-electron chi connectivity index (χ1n) is 13.2. The predicted octanol–water partition coefficient (Wildman–Crippen LogP) is 2.03. The normalized spacial score (nSPS) is 21.0. The van der Waals surface area contributed by atoms with E-state index < -0.39 is 16.1 Å². The van der Waals surface area contributed by atoms with Gasteiger partial charge in [0.1, 0.15) is 17.3 Å². The van der Waals surface area contributed by atoms with Crippen LogP contribution in [0.25, 0.3) is 0 Å². The molecule has 2 aromatic rings. The van der Waals surface area contributed by atoms with Gasteiger partial charge in [0.05, 0.1) is 24.2 Å². The van der Waals surface area contributed by atoms with Crippen LogP contribution in [0.4, 0.5) is 5.82 Å². The van der Waals surface area contributed by atoms with Crippen LogP contribution in [0.5, 0.6) is 5.75 Å². The van der Waals surface area contributed by atoms with Crippen molar-refractivity contribution in [2.45, 2.75) is 31.2 Å². The van der Waals surface area contributed by atoms with E-state index in [9.17, 15) is 13.2 Å². The molecule has 3 aliphatic heterocycles. The lowest BCUT2D eigenvalue weighted by Gasteiger charge is -2.36. The van der Waals surface area contributed by atoms with Crippen LogP contribution in [0.2, 0.25) is 0 Å². The Hall–Kier alpha value is -3.15. The summed E-state index contributed by atoms with van der Waals surface area (Å²) in [5.74, 6) is 1.30. The number of pyridine rings is 1. The lowest BCUT2D eigenvalue weighted by atomic mass is 9.97. The maximum atomic E-state index is 13.7. The molecule has 1 aromatic heterocycles. The molecule has 1 saturated heterocycles. The molecule has 204 valence electrons. The highest BCUT2D eigenvalue weighted by Gasteiger charge is 2.40. The smallest absolute Gasteiger partial charge is 0.268 e. The molecular formula is C27H36N6O4S. The van der Waals surface area contributed by atoms with E-state index in [0.29, 0.717) is 63.0 Å². The monoisotopic (exact) mass is 540 g/mol. The van der Waals surface area contributed by atoms with Gasteiger partial charge in [0, 0.05) is 51.5 Å². The van der Waals surface area contributed by atoms with E-state index in [0.717, 1.165) is 24.4 Å². The molecule has 0 bridgehead atoms. The third-order valence-electron chi connectivity index (χ3n) is 7.31. The fourth-order valence-electron chi connectivity index (χ4n) is 5.59. The molecule has 4 heterocycles. The molecule has 1 aromatic carbocycles. The maximum absolute atomic E-state index is 13.7. The molecule has 10 nitrogen and oxygen atoms in total. The fourth-order valence-corrected chi connectivity index (χ4v) is 7.05. The van der Waals surface area contributed by atoms with Gasteiger partial charge in [-0.2, -0.15) is 4.31 Å². The minimum Gasteiger partial charge on any atom is -0.494 e. The van der Waals surface area contributed by atoms with Gasteiger partial charge in [-0.15, -0.1) is 0 Å². The first-order chi connectivity index (χ1) is 18.3. The molecule has 1 amide bonds. The Morgan fingerprint density at radius 2 is 1.89 bits per heavy atom. The van der Waals surface area contributed by atoms with Gasteiger partial charge in [0.25, 0.3) is 5.91 Å². The zero-order chi connectivity index (χ0) is 26.9. The molecule has 1 atom stereocenters. The van der Waals surface area contributed by atoms with Crippen molar-refractivity contribution in [3.05, 3.63) is 59.4 Å². The van der Waals surface area contributed by atoms with E-state index in [1.54, 1.807) is 24.4 Å². The number of nitrogens with one attached hydrogen (secondary N) is 1. The summed E-state index contributed by atoms with van der Waals surface area (Å²) in [6, 6.07) is 10.3. The minimum atomic E-state index is -3.74. The van der Waals surface area contributed by atoms with Gasteiger partial charge in [-0.05, 0) is 55.8 Å². The van der Waals surface area contributed by atoms with Crippen molar-refractivity contribution in [2.24, 2.45) is 0 Å². The van der Waals surface area contributed by atoms with Crippen LogP contribution in [-0.2, 0) is 14.8 Å². The van der Waals surface area contributed by atoms with Crippen molar-refractivity contribution < 1.29 is 17.9 Å². The van der Waals surface area contributed by atoms with Crippen LogP contribution >= 0.6 is 0 Å². The van der Waals surface area contributed by atoms with E-state index in [1.807, 2.05) is 37.1 Å². The predicted molar refractivity (Wildman–Crippen MR) is 145 cm³/mol. The summed E-state index contributed by atoms with van der Waals surface area (Å²) in [6.45, 7) is 8.58. The van der Waals surface area contributed by atoms with Crippen molar-refractivity contribution in [3.63, 3.8) is 0 Å². The summed E-state index contributed by atoms with van der Waals surface area (Å²) < 4.78 is 34.9. The van der Waals surface area contributed by atoms with Crippen molar-refractivity contribution in [3.8, 4) is 5.75 Å². The highest BCUT2D eigenvalue weighted by atomic mass is 32.2. The average Bonchev–Trinajstić information content (AvgIpc) is 3.26. The molecule has 38 heavy (non-hydrogen) atoms. The first-order valence-corrected chi connectivity index (χ1v) is 14.7. The largest absolute Gasteiger partial charge is 0.494 e. The average molecular weight is 541 g/mol. The Morgan fingerprint density at radius 3 is 2.58 bits per heavy atom. The Kier molecular flexibility index (Phi) is 7.60. The summed E-state index contributed by atoms with van der Waals surface area (Å²) >= 11 is 0. The number of benzene rings is 1. The Bertz CT molecular complexity index is 1310. The number of piperazine rings is 1. The van der Waals surface area contributed by atoms with Crippen molar-refractivity contribution in [1.29, 1.82) is 0 Å². The van der Waals surface area contributed by atoms with Crippen LogP contribution in [0.3, 0.4) is 0 Å². The summed E-state index contributed by atoms with van der Waals surface area (Å²) in [4.78, 5) is 24.0. The molecule has 0 saturated carbocycles. The molecule has 5 rings (SSSR count). The van der Waals surface area contributed by atoms with Crippen molar-refractivity contribution >= 4 is 21.7 Å². The van der Waals surface area contributed by atoms with E-state index in [-0.39, 0.29) is 10.8 Å². The molecule has 0 radical (unpaired) electrons. The molecule has 0 spiro atoms. The number of likely N-dealkylation sites (N-methyl/N-ethyl adjacent to an activating group) is 1. The Labute approximate surface area is 224 Å². The Morgan fingerprint density at radius 1 is 1.11 bits per heavy atom. The standard InChI is InChI=1S/C27H36N6O4S/c1-4-12-31-18-22-25(29-27(34)26(22)30(3)19-31)21-17-20(9-10-23(21)37-5-2)38(35,36)33-15-13-32(14-16-33)24-8-6-7-11-28-24/h6-11,17,25H,4-5,12-16,18-19H2,1-3H3,(H,29,34). The second kappa shape index (κ2) is 10.9. The molecule has 3 aliphatic rings. The van der Waals surface area contributed by atoms with E-state index >= 15 is 0 Å². The zero-order valence-electron chi connectivity index (χ0n) is 22.3. The molecule has 1 unspecified atom stereocenters. The number of hydrogen-bond acceptors (Lipinski definition) is 8. The Balaban J connectivity index is 1.43. The van der Waals surface area contributed by atoms with Gasteiger partial charge in [-0.3, -0.25) is 9.69 Å². The van der Waals surface area contributed by atoms with Gasteiger partial charge in [-0.1, -0.05) is 13.0 Å². The van der Waals surface area contributed by atoms with E-state index in [4.69, 9.17) is 4.74 Å². The highest BCUT2D eigenvalue weighted by Crippen LogP contribution is 2.39. The third kappa shape index (κ3) is 4.97. The van der Waals surface area contributed by atoms with Gasteiger partial charge < -0.3 is 19.9 Å². The number of rotatable bonds is 8. The van der Waals surface area contributed by atoms with Crippen LogP contribution in [-0.4, -0.2) is 93.0 Å². The van der Waals surface area contributed by atoms with Crippen LogP contribution in [0, 0.1) is 0 Å². The number of nitrogens with zero attached hydrogens (tertiary/aromatic N) is 5. The van der Waals surface area contributed by atoms with Gasteiger partial charge in [0.15, 0.2) is 0 Å². The second-order valence-corrected chi connectivity index (χ2v) is 11.8. The van der Waals surface area contributed by atoms with Gasteiger partial charge in [0.2, 0.25) is 10.0 Å². The third-order valence-corrected chi connectivity index (χ3v) is 9.21. The molecule has 0 aliphatic carbocycles. The minimum absolute atomic E-state index is 0.134. The van der Waals surface area contributed by atoms with Crippen LogP contribution in [0.1, 0.15) is 31.9 Å². The summed E-state index contributed by atoms with van der Waals surface area (Å²) in [6.07, 6.45) is 2.75. The second-order valence-electron chi connectivity index (χ2n) is 9.88. The number of amides is 1. The number of anilines is 1. The summed E-state index contributed by atoms with van der Waals surface area (Å²) in [5, 5.41) is 3.10. The molecule has 1 N–H and O–H groups in total. The SMILES string of the molecule is CCCN1CC2=C(C(=O)NC2c2cc(S(=O)(=O)N3CCN(c4ccccn4)CC3)ccc2OCC)N(C)C1. The number of ether oxygens (including phenoxy) is 1. The number of sulfonamides is 1. The zero-order valence-corrected chi connectivity index (χ0v) is 23.1. The maximum Gasteiger partial charge on any atom is 0.268 e.